The van der Waals surface area contributed by atoms with E-state index in [-0.39, 0.29) is 5.91 Å². The lowest BCUT2D eigenvalue weighted by Gasteiger charge is -2.22. The minimum Gasteiger partial charge on any atom is -0.320 e. The van der Waals surface area contributed by atoms with Gasteiger partial charge in [0.05, 0.1) is 12.2 Å². The van der Waals surface area contributed by atoms with Crippen molar-refractivity contribution >= 4 is 11.6 Å². The van der Waals surface area contributed by atoms with Gasteiger partial charge in [-0.3, -0.25) is 4.79 Å². The van der Waals surface area contributed by atoms with Crippen molar-refractivity contribution in [3.05, 3.63) is 29.8 Å². The predicted octanol–water partition coefficient (Wildman–Crippen LogP) is 1.90. The summed E-state index contributed by atoms with van der Waals surface area (Å²) < 4.78 is 0. The zero-order valence-corrected chi connectivity index (χ0v) is 10.5. The second-order valence-electron chi connectivity index (χ2n) is 4.38. The fourth-order valence-electron chi connectivity index (χ4n) is 2.20. The summed E-state index contributed by atoms with van der Waals surface area (Å²) in [6, 6.07) is 7.79. The van der Waals surface area contributed by atoms with E-state index in [1.54, 1.807) is 0 Å². The standard InChI is InChI=1S/C15H18N2O/c16-11-6-8-13-7-3-4-9-14(13)17-12-5-1-2-10-15(17)18/h3-4,7,9H,1-2,5,10-12,16H2. The lowest BCUT2D eigenvalue weighted by molar-refractivity contribution is -0.118. The lowest BCUT2D eigenvalue weighted by atomic mass is 10.1. The molecule has 0 unspecified atom stereocenters. The highest BCUT2D eigenvalue weighted by Crippen LogP contribution is 2.23. The maximum Gasteiger partial charge on any atom is 0.227 e. The largest absolute Gasteiger partial charge is 0.320 e. The van der Waals surface area contributed by atoms with Gasteiger partial charge in [-0.2, -0.15) is 0 Å². The van der Waals surface area contributed by atoms with Crippen molar-refractivity contribution in [3.8, 4) is 11.8 Å². The van der Waals surface area contributed by atoms with Gasteiger partial charge in [0.2, 0.25) is 5.91 Å². The van der Waals surface area contributed by atoms with Crippen molar-refractivity contribution in [2.24, 2.45) is 5.73 Å². The summed E-state index contributed by atoms with van der Waals surface area (Å²) in [5.41, 5.74) is 7.21. The number of benzene rings is 1. The molecule has 18 heavy (non-hydrogen) atoms. The van der Waals surface area contributed by atoms with Crippen LogP contribution in [0.1, 0.15) is 31.2 Å². The zero-order valence-electron chi connectivity index (χ0n) is 10.5. The van der Waals surface area contributed by atoms with Crippen LogP contribution in [0.15, 0.2) is 24.3 Å². The molecule has 1 heterocycles. The smallest absolute Gasteiger partial charge is 0.227 e. The third kappa shape index (κ3) is 2.91. The van der Waals surface area contributed by atoms with Gasteiger partial charge in [0.1, 0.15) is 0 Å². The van der Waals surface area contributed by atoms with Crippen molar-refractivity contribution in [2.45, 2.75) is 25.7 Å². The second-order valence-corrected chi connectivity index (χ2v) is 4.38. The number of rotatable bonds is 1. The Kier molecular flexibility index (Phi) is 4.38. The van der Waals surface area contributed by atoms with E-state index in [0.29, 0.717) is 13.0 Å². The molecule has 1 aromatic rings. The van der Waals surface area contributed by atoms with Crippen LogP contribution in [0.3, 0.4) is 0 Å². The fraction of sp³-hybridized carbons (Fsp3) is 0.400. The Hall–Kier alpha value is -1.79. The third-order valence-electron chi connectivity index (χ3n) is 3.09. The predicted molar refractivity (Wildman–Crippen MR) is 73.2 cm³/mol. The van der Waals surface area contributed by atoms with Crippen molar-refractivity contribution < 1.29 is 4.79 Å². The number of carbonyl (C=O) groups is 1. The number of amides is 1. The van der Waals surface area contributed by atoms with Gasteiger partial charge >= 0.3 is 0 Å². The topological polar surface area (TPSA) is 46.3 Å². The average Bonchev–Trinajstić information content (AvgIpc) is 2.61. The van der Waals surface area contributed by atoms with Crippen LogP contribution in [0.25, 0.3) is 0 Å². The summed E-state index contributed by atoms with van der Waals surface area (Å²) in [4.78, 5) is 14.0. The normalized spacial score (nSPS) is 15.8. The molecule has 94 valence electrons. The Labute approximate surface area is 108 Å². The molecular formula is C15H18N2O. The fourth-order valence-corrected chi connectivity index (χ4v) is 2.20. The molecule has 1 aliphatic rings. The first-order chi connectivity index (χ1) is 8.83. The first kappa shape index (κ1) is 12.7. The molecule has 1 aliphatic heterocycles. The number of para-hydroxylation sites is 1. The first-order valence-corrected chi connectivity index (χ1v) is 6.41. The molecule has 0 aromatic heterocycles. The second kappa shape index (κ2) is 6.23. The number of carbonyl (C=O) groups excluding carboxylic acids is 1. The minimum atomic E-state index is 0.203. The van der Waals surface area contributed by atoms with Gasteiger partial charge in [-0.05, 0) is 25.0 Å². The maximum absolute atomic E-state index is 12.1. The van der Waals surface area contributed by atoms with E-state index in [9.17, 15) is 4.79 Å². The van der Waals surface area contributed by atoms with Gasteiger partial charge in [0.15, 0.2) is 0 Å². The number of anilines is 1. The van der Waals surface area contributed by atoms with Crippen molar-refractivity contribution in [1.82, 2.24) is 0 Å². The van der Waals surface area contributed by atoms with E-state index < -0.39 is 0 Å². The Morgan fingerprint density at radius 2 is 2.06 bits per heavy atom. The summed E-state index contributed by atoms with van der Waals surface area (Å²) >= 11 is 0. The summed E-state index contributed by atoms with van der Waals surface area (Å²) in [5.74, 6) is 6.10. The molecule has 1 aromatic carbocycles. The van der Waals surface area contributed by atoms with Gasteiger partial charge < -0.3 is 10.6 Å². The Morgan fingerprint density at radius 3 is 2.89 bits per heavy atom. The van der Waals surface area contributed by atoms with Crippen molar-refractivity contribution in [3.63, 3.8) is 0 Å². The summed E-state index contributed by atoms with van der Waals surface area (Å²) in [5, 5.41) is 0. The number of hydrogen-bond acceptors (Lipinski definition) is 2. The Balaban J connectivity index is 2.33. The molecular weight excluding hydrogens is 224 g/mol. The van der Waals surface area contributed by atoms with Crippen molar-refractivity contribution in [1.29, 1.82) is 0 Å². The summed E-state index contributed by atoms with van der Waals surface area (Å²) in [6.45, 7) is 1.13. The van der Waals surface area contributed by atoms with E-state index in [0.717, 1.165) is 37.1 Å². The molecule has 1 amide bonds. The van der Waals surface area contributed by atoms with E-state index in [1.165, 1.54) is 0 Å². The first-order valence-electron chi connectivity index (χ1n) is 6.41. The molecule has 3 heteroatoms. The van der Waals surface area contributed by atoms with Crippen LogP contribution in [0.5, 0.6) is 0 Å². The van der Waals surface area contributed by atoms with Gasteiger partial charge in [0, 0.05) is 18.5 Å². The van der Waals surface area contributed by atoms with Crippen LogP contribution in [0.2, 0.25) is 0 Å². The third-order valence-corrected chi connectivity index (χ3v) is 3.09. The molecule has 0 atom stereocenters. The SMILES string of the molecule is NCC#Cc1ccccc1N1CCCCCC1=O. The molecule has 1 saturated heterocycles. The molecule has 0 bridgehead atoms. The van der Waals surface area contributed by atoms with Crippen LogP contribution in [0.4, 0.5) is 5.69 Å². The van der Waals surface area contributed by atoms with Crippen LogP contribution in [0, 0.1) is 11.8 Å². The molecule has 2 rings (SSSR count). The Morgan fingerprint density at radius 1 is 1.22 bits per heavy atom. The molecule has 2 N–H and O–H groups in total. The van der Waals surface area contributed by atoms with Gasteiger partial charge in [-0.1, -0.05) is 30.4 Å². The lowest BCUT2D eigenvalue weighted by Crippen LogP contribution is -2.30. The van der Waals surface area contributed by atoms with Crippen molar-refractivity contribution in [2.75, 3.05) is 18.0 Å². The van der Waals surface area contributed by atoms with Gasteiger partial charge in [0.25, 0.3) is 0 Å². The van der Waals surface area contributed by atoms with E-state index in [2.05, 4.69) is 11.8 Å². The highest BCUT2D eigenvalue weighted by atomic mass is 16.2. The zero-order chi connectivity index (χ0) is 12.8. The highest BCUT2D eigenvalue weighted by Gasteiger charge is 2.19. The molecule has 0 radical (unpaired) electrons. The molecule has 3 nitrogen and oxygen atoms in total. The average molecular weight is 242 g/mol. The molecule has 0 spiro atoms. The van der Waals surface area contributed by atoms with E-state index >= 15 is 0 Å². The van der Waals surface area contributed by atoms with Crippen LogP contribution in [-0.4, -0.2) is 19.0 Å². The van der Waals surface area contributed by atoms with Crippen LogP contribution < -0.4 is 10.6 Å². The van der Waals surface area contributed by atoms with Gasteiger partial charge in [-0.15, -0.1) is 0 Å². The van der Waals surface area contributed by atoms with Crippen LogP contribution in [-0.2, 0) is 4.79 Å². The highest BCUT2D eigenvalue weighted by molar-refractivity contribution is 5.94. The van der Waals surface area contributed by atoms with Crippen LogP contribution >= 0.6 is 0 Å². The van der Waals surface area contributed by atoms with Gasteiger partial charge in [-0.25, -0.2) is 0 Å². The molecule has 1 fully saturated rings. The number of nitrogens with two attached hydrogens (primary N) is 1. The molecule has 0 aliphatic carbocycles. The van der Waals surface area contributed by atoms with E-state index in [1.807, 2.05) is 29.2 Å². The monoisotopic (exact) mass is 242 g/mol. The number of nitrogens with zero attached hydrogens (tertiary/aromatic N) is 1. The summed E-state index contributed by atoms with van der Waals surface area (Å²) in [7, 11) is 0. The maximum atomic E-state index is 12.1. The molecule has 0 saturated carbocycles. The Bertz CT molecular complexity index is 485. The quantitative estimate of drug-likeness (QED) is 0.765. The summed E-state index contributed by atoms with van der Waals surface area (Å²) in [6.07, 6.45) is 3.81. The van der Waals surface area contributed by atoms with E-state index in [4.69, 9.17) is 5.73 Å². The minimum absolute atomic E-state index is 0.203. The number of hydrogen-bond donors (Lipinski definition) is 1.